The standard InChI is InChI=1S/C17H24N4O2/c1-10-6-5-7-15(11(10)2)19-16(22)9-21-17(23)14(8-18)12(3)13(4)20-21/h10-11,15H,5-7,9H2,1-4H3,(H,19,22)/t10-,11+,15-/m1/s1. The van der Waals surface area contributed by atoms with Crippen LogP contribution in [0.3, 0.4) is 0 Å². The highest BCUT2D eigenvalue weighted by Crippen LogP contribution is 2.29. The van der Waals surface area contributed by atoms with E-state index in [1.165, 1.54) is 6.42 Å². The molecule has 0 radical (unpaired) electrons. The maximum Gasteiger partial charge on any atom is 0.285 e. The molecular weight excluding hydrogens is 292 g/mol. The molecule has 6 nitrogen and oxygen atoms in total. The third-order valence-corrected chi connectivity index (χ3v) is 5.10. The Morgan fingerprint density at radius 1 is 1.39 bits per heavy atom. The Hall–Kier alpha value is -2.16. The van der Waals surface area contributed by atoms with Crippen molar-refractivity contribution in [2.75, 3.05) is 0 Å². The first-order valence-electron chi connectivity index (χ1n) is 8.13. The summed E-state index contributed by atoms with van der Waals surface area (Å²) in [6.45, 7) is 7.64. The van der Waals surface area contributed by atoms with Crippen molar-refractivity contribution in [2.24, 2.45) is 11.8 Å². The van der Waals surface area contributed by atoms with E-state index in [2.05, 4.69) is 24.3 Å². The average molecular weight is 316 g/mol. The quantitative estimate of drug-likeness (QED) is 0.919. The molecule has 1 fully saturated rings. The second-order valence-corrected chi connectivity index (χ2v) is 6.60. The summed E-state index contributed by atoms with van der Waals surface area (Å²) in [5.74, 6) is 0.784. The fraction of sp³-hybridized carbons (Fsp3) is 0.647. The molecule has 1 aliphatic carbocycles. The summed E-state index contributed by atoms with van der Waals surface area (Å²) < 4.78 is 1.09. The van der Waals surface area contributed by atoms with E-state index in [1.807, 2.05) is 6.07 Å². The van der Waals surface area contributed by atoms with Crippen molar-refractivity contribution in [2.45, 2.75) is 59.5 Å². The lowest BCUT2D eigenvalue weighted by Crippen LogP contribution is -2.46. The SMILES string of the molecule is Cc1nn(CC(=O)N[C@@H]2CCC[C@@H](C)[C@@H]2C)c(=O)c(C#N)c1C. The molecule has 23 heavy (non-hydrogen) atoms. The molecule has 0 bridgehead atoms. The Morgan fingerprint density at radius 3 is 2.74 bits per heavy atom. The van der Waals surface area contributed by atoms with Crippen molar-refractivity contribution < 1.29 is 4.79 Å². The number of nitriles is 1. The van der Waals surface area contributed by atoms with Gasteiger partial charge in [0.05, 0.1) is 5.69 Å². The van der Waals surface area contributed by atoms with Gasteiger partial charge in [-0.05, 0) is 37.7 Å². The van der Waals surface area contributed by atoms with Gasteiger partial charge >= 0.3 is 0 Å². The van der Waals surface area contributed by atoms with Gasteiger partial charge in [-0.25, -0.2) is 4.68 Å². The zero-order valence-corrected chi connectivity index (χ0v) is 14.2. The van der Waals surface area contributed by atoms with Gasteiger partial charge in [-0.3, -0.25) is 9.59 Å². The summed E-state index contributed by atoms with van der Waals surface area (Å²) in [5, 5.41) is 16.3. The van der Waals surface area contributed by atoms with Crippen molar-refractivity contribution in [1.82, 2.24) is 15.1 Å². The minimum atomic E-state index is -0.504. The van der Waals surface area contributed by atoms with Crippen LogP contribution in [0.15, 0.2) is 4.79 Å². The van der Waals surface area contributed by atoms with Crippen LogP contribution in [-0.4, -0.2) is 21.7 Å². The smallest absolute Gasteiger partial charge is 0.285 e. The number of nitrogens with one attached hydrogen (secondary N) is 1. The van der Waals surface area contributed by atoms with Crippen LogP contribution in [-0.2, 0) is 11.3 Å². The second kappa shape index (κ2) is 6.95. The number of hydrogen-bond donors (Lipinski definition) is 1. The Balaban J connectivity index is 2.14. The maximum absolute atomic E-state index is 12.3. The van der Waals surface area contributed by atoms with Gasteiger partial charge < -0.3 is 5.32 Å². The zero-order chi connectivity index (χ0) is 17.1. The van der Waals surface area contributed by atoms with Crippen LogP contribution in [0.2, 0.25) is 0 Å². The summed E-state index contributed by atoms with van der Waals surface area (Å²) in [4.78, 5) is 24.5. The van der Waals surface area contributed by atoms with E-state index in [0.717, 1.165) is 17.5 Å². The molecule has 0 aromatic carbocycles. The van der Waals surface area contributed by atoms with Crippen LogP contribution in [0.4, 0.5) is 0 Å². The van der Waals surface area contributed by atoms with Gasteiger partial charge in [0.15, 0.2) is 0 Å². The first-order chi connectivity index (χ1) is 10.8. The number of nitrogens with zero attached hydrogens (tertiary/aromatic N) is 3. The molecule has 1 N–H and O–H groups in total. The maximum atomic E-state index is 12.3. The topological polar surface area (TPSA) is 87.8 Å². The molecule has 0 unspecified atom stereocenters. The highest BCUT2D eigenvalue weighted by molar-refractivity contribution is 5.76. The van der Waals surface area contributed by atoms with E-state index in [-0.39, 0.29) is 24.1 Å². The number of rotatable bonds is 3. The Morgan fingerprint density at radius 2 is 2.09 bits per heavy atom. The molecule has 2 rings (SSSR count). The summed E-state index contributed by atoms with van der Waals surface area (Å²) in [7, 11) is 0. The van der Waals surface area contributed by atoms with Crippen molar-refractivity contribution in [1.29, 1.82) is 5.26 Å². The van der Waals surface area contributed by atoms with Crippen LogP contribution in [0.25, 0.3) is 0 Å². The van der Waals surface area contributed by atoms with Gasteiger partial charge in [0, 0.05) is 6.04 Å². The van der Waals surface area contributed by atoms with Crippen molar-refractivity contribution in [3.8, 4) is 6.07 Å². The molecule has 1 heterocycles. The fourth-order valence-corrected chi connectivity index (χ4v) is 3.18. The lowest BCUT2D eigenvalue weighted by atomic mass is 9.78. The van der Waals surface area contributed by atoms with Crippen LogP contribution in [0, 0.1) is 37.0 Å². The predicted molar refractivity (Wildman–Crippen MR) is 86.8 cm³/mol. The van der Waals surface area contributed by atoms with E-state index >= 15 is 0 Å². The minimum Gasteiger partial charge on any atom is -0.351 e. The highest BCUT2D eigenvalue weighted by atomic mass is 16.2. The number of carbonyl (C=O) groups excluding carboxylic acids is 1. The summed E-state index contributed by atoms with van der Waals surface area (Å²) in [5.41, 5.74) is 0.721. The van der Waals surface area contributed by atoms with Crippen molar-refractivity contribution >= 4 is 5.91 Å². The number of amides is 1. The van der Waals surface area contributed by atoms with E-state index in [4.69, 9.17) is 5.26 Å². The van der Waals surface area contributed by atoms with Gasteiger partial charge in [0.2, 0.25) is 5.91 Å². The van der Waals surface area contributed by atoms with Gasteiger partial charge in [0.1, 0.15) is 18.2 Å². The number of carbonyl (C=O) groups is 1. The van der Waals surface area contributed by atoms with Gasteiger partial charge in [0.25, 0.3) is 5.56 Å². The number of aromatic nitrogens is 2. The fourth-order valence-electron chi connectivity index (χ4n) is 3.18. The number of hydrogen-bond acceptors (Lipinski definition) is 4. The Labute approximate surface area is 136 Å². The molecule has 124 valence electrons. The Kier molecular flexibility index (Phi) is 5.19. The monoisotopic (exact) mass is 316 g/mol. The largest absolute Gasteiger partial charge is 0.351 e. The van der Waals surface area contributed by atoms with E-state index in [0.29, 0.717) is 23.1 Å². The molecule has 6 heteroatoms. The first-order valence-corrected chi connectivity index (χ1v) is 8.13. The molecule has 1 aliphatic rings. The van der Waals surface area contributed by atoms with E-state index < -0.39 is 5.56 Å². The molecule has 0 spiro atoms. The molecule has 1 aromatic heterocycles. The third kappa shape index (κ3) is 3.61. The lowest BCUT2D eigenvalue weighted by Gasteiger charge is -2.34. The van der Waals surface area contributed by atoms with Crippen molar-refractivity contribution in [3.63, 3.8) is 0 Å². The van der Waals surface area contributed by atoms with Gasteiger partial charge in [-0.2, -0.15) is 10.4 Å². The van der Waals surface area contributed by atoms with Gasteiger partial charge in [-0.1, -0.05) is 26.7 Å². The first kappa shape index (κ1) is 17.2. The van der Waals surface area contributed by atoms with E-state index in [9.17, 15) is 9.59 Å². The third-order valence-electron chi connectivity index (χ3n) is 5.10. The van der Waals surface area contributed by atoms with Crippen molar-refractivity contribution in [3.05, 3.63) is 27.2 Å². The Bertz CT molecular complexity index is 702. The zero-order valence-electron chi connectivity index (χ0n) is 14.2. The second-order valence-electron chi connectivity index (χ2n) is 6.60. The van der Waals surface area contributed by atoms with Crippen LogP contribution in [0.1, 0.15) is 49.9 Å². The van der Waals surface area contributed by atoms with Crippen LogP contribution in [0.5, 0.6) is 0 Å². The molecule has 0 saturated heterocycles. The molecular formula is C17H24N4O2. The summed E-state index contributed by atoms with van der Waals surface area (Å²) >= 11 is 0. The highest BCUT2D eigenvalue weighted by Gasteiger charge is 2.28. The normalized spacial score (nSPS) is 24.0. The van der Waals surface area contributed by atoms with Crippen LogP contribution < -0.4 is 10.9 Å². The average Bonchev–Trinajstić information content (AvgIpc) is 2.50. The van der Waals surface area contributed by atoms with E-state index in [1.54, 1.807) is 13.8 Å². The molecule has 0 aliphatic heterocycles. The molecule has 1 saturated carbocycles. The number of aryl methyl sites for hydroxylation is 1. The molecule has 3 atom stereocenters. The van der Waals surface area contributed by atoms with Gasteiger partial charge in [-0.15, -0.1) is 0 Å². The van der Waals surface area contributed by atoms with Crippen LogP contribution >= 0.6 is 0 Å². The summed E-state index contributed by atoms with van der Waals surface area (Å²) in [6, 6.07) is 2.05. The molecule has 1 amide bonds. The predicted octanol–water partition coefficient (Wildman–Crippen LogP) is 1.67. The summed E-state index contributed by atoms with van der Waals surface area (Å²) in [6.07, 6.45) is 3.27. The lowest BCUT2D eigenvalue weighted by molar-refractivity contribution is -0.123. The minimum absolute atomic E-state index is 0.0601. The molecule has 1 aromatic rings.